The lowest BCUT2D eigenvalue weighted by molar-refractivity contribution is -0.384. The Hall–Kier alpha value is -1.93. The minimum atomic E-state index is -0.548. The van der Waals surface area contributed by atoms with Crippen LogP contribution in [0.4, 0.5) is 11.4 Å². The molecule has 1 atom stereocenters. The van der Waals surface area contributed by atoms with Crippen LogP contribution in [-0.4, -0.2) is 20.6 Å². The van der Waals surface area contributed by atoms with E-state index in [1.165, 1.54) is 22.9 Å². The Morgan fingerprint density at radius 3 is 2.86 bits per heavy atom. The molecular weight excluding hydrogens is 376 g/mol. The number of carbonyl (C=O) groups excluding carboxylic acids is 1. The first-order valence-corrected chi connectivity index (χ1v) is 7.54. The quantitative estimate of drug-likeness (QED) is 0.624. The molecule has 0 fully saturated rings. The second-order valence-electron chi connectivity index (χ2n) is 4.47. The molecule has 1 N–H and O–H groups in total. The summed E-state index contributed by atoms with van der Waals surface area (Å²) >= 11 is 9.25. The number of amides is 1. The smallest absolute Gasteiger partial charge is 0.271 e. The van der Waals surface area contributed by atoms with Crippen molar-refractivity contribution in [3.05, 3.63) is 50.2 Å². The fourth-order valence-electron chi connectivity index (χ4n) is 1.92. The number of carbonyl (C=O) groups is 1. The molecular formula is C13H12BrClN4O3. The lowest BCUT2D eigenvalue weighted by Gasteiger charge is -2.16. The van der Waals surface area contributed by atoms with E-state index in [1.54, 1.807) is 12.4 Å². The summed E-state index contributed by atoms with van der Waals surface area (Å²) in [6.07, 6.45) is 3.77. The van der Waals surface area contributed by atoms with E-state index in [9.17, 15) is 14.9 Å². The molecule has 0 spiro atoms. The summed E-state index contributed by atoms with van der Waals surface area (Å²) in [6.45, 7) is 1.84. The van der Waals surface area contributed by atoms with E-state index < -0.39 is 11.0 Å². The molecule has 0 saturated heterocycles. The number of nitro benzene ring substituents is 1. The Kier molecular flexibility index (Phi) is 5.15. The van der Waals surface area contributed by atoms with Gasteiger partial charge in [-0.15, -0.1) is 0 Å². The third-order valence-corrected chi connectivity index (χ3v) is 3.74. The summed E-state index contributed by atoms with van der Waals surface area (Å²) < 4.78 is 2.28. The van der Waals surface area contributed by atoms with Gasteiger partial charge in [-0.05, 0) is 28.4 Å². The van der Waals surface area contributed by atoms with Crippen molar-refractivity contribution in [1.82, 2.24) is 9.78 Å². The number of benzene rings is 1. The monoisotopic (exact) mass is 386 g/mol. The number of halogens is 2. The van der Waals surface area contributed by atoms with Crippen LogP contribution < -0.4 is 5.32 Å². The van der Waals surface area contributed by atoms with Crippen molar-refractivity contribution in [3.8, 4) is 0 Å². The highest BCUT2D eigenvalue weighted by Gasteiger charge is 2.21. The highest BCUT2D eigenvalue weighted by atomic mass is 79.9. The number of nitrogens with one attached hydrogen (secondary N) is 1. The number of hydrogen-bond donors (Lipinski definition) is 1. The first-order chi connectivity index (χ1) is 10.4. The van der Waals surface area contributed by atoms with Crippen molar-refractivity contribution >= 4 is 44.8 Å². The third kappa shape index (κ3) is 3.63. The molecule has 2 rings (SSSR count). The summed E-state index contributed by atoms with van der Waals surface area (Å²) in [4.78, 5) is 22.6. The molecule has 1 aromatic heterocycles. The van der Waals surface area contributed by atoms with E-state index in [2.05, 4.69) is 26.3 Å². The van der Waals surface area contributed by atoms with Crippen molar-refractivity contribution in [2.75, 3.05) is 5.32 Å². The van der Waals surface area contributed by atoms with Gasteiger partial charge in [-0.2, -0.15) is 5.10 Å². The van der Waals surface area contributed by atoms with Crippen molar-refractivity contribution in [2.45, 2.75) is 19.4 Å². The van der Waals surface area contributed by atoms with Gasteiger partial charge in [-0.3, -0.25) is 19.6 Å². The van der Waals surface area contributed by atoms with Gasteiger partial charge in [0.25, 0.3) is 5.69 Å². The van der Waals surface area contributed by atoms with Crippen LogP contribution in [0.2, 0.25) is 5.02 Å². The molecule has 7 nitrogen and oxygen atoms in total. The van der Waals surface area contributed by atoms with E-state index in [0.29, 0.717) is 6.42 Å². The van der Waals surface area contributed by atoms with Crippen LogP contribution in [0.5, 0.6) is 0 Å². The Balaban J connectivity index is 2.23. The highest BCUT2D eigenvalue weighted by molar-refractivity contribution is 9.10. The number of anilines is 1. The maximum atomic E-state index is 12.4. The molecule has 1 heterocycles. The lowest BCUT2D eigenvalue weighted by Crippen LogP contribution is -2.26. The standard InChI is InChI=1S/C13H12BrClN4O3/c1-2-12(18-7-8(14)6-16-18)13(20)17-11-5-9(19(21)22)3-4-10(11)15/h3-7,12H,2H2,1H3,(H,17,20). The van der Waals surface area contributed by atoms with Crippen LogP contribution in [0.15, 0.2) is 35.1 Å². The zero-order valence-corrected chi connectivity index (χ0v) is 13.8. The fraction of sp³-hybridized carbons (Fsp3) is 0.231. The lowest BCUT2D eigenvalue weighted by atomic mass is 10.2. The number of nitro groups is 1. The van der Waals surface area contributed by atoms with E-state index in [1.807, 2.05) is 6.92 Å². The SMILES string of the molecule is CCC(C(=O)Nc1cc([N+](=O)[O-])ccc1Cl)n1cc(Br)cn1. The maximum Gasteiger partial charge on any atom is 0.271 e. The van der Waals surface area contributed by atoms with Gasteiger partial charge in [0, 0.05) is 18.3 Å². The summed E-state index contributed by atoms with van der Waals surface area (Å²) in [5, 5.41) is 17.7. The van der Waals surface area contributed by atoms with Gasteiger partial charge in [-0.1, -0.05) is 18.5 Å². The van der Waals surface area contributed by atoms with Gasteiger partial charge in [0.15, 0.2) is 0 Å². The number of hydrogen-bond acceptors (Lipinski definition) is 4. The van der Waals surface area contributed by atoms with Gasteiger partial charge in [0.1, 0.15) is 6.04 Å². The Morgan fingerprint density at radius 2 is 2.32 bits per heavy atom. The minimum Gasteiger partial charge on any atom is -0.323 e. The topological polar surface area (TPSA) is 90.1 Å². The zero-order valence-electron chi connectivity index (χ0n) is 11.5. The summed E-state index contributed by atoms with van der Waals surface area (Å²) in [5.41, 5.74) is 0.0557. The van der Waals surface area contributed by atoms with Crippen molar-refractivity contribution in [2.24, 2.45) is 0 Å². The van der Waals surface area contributed by atoms with Gasteiger partial charge in [0.2, 0.25) is 5.91 Å². The van der Waals surface area contributed by atoms with Crippen molar-refractivity contribution in [3.63, 3.8) is 0 Å². The van der Waals surface area contributed by atoms with E-state index in [-0.39, 0.29) is 22.3 Å². The molecule has 1 unspecified atom stereocenters. The largest absolute Gasteiger partial charge is 0.323 e. The Bertz CT molecular complexity index is 719. The average Bonchev–Trinajstić information content (AvgIpc) is 2.88. The zero-order chi connectivity index (χ0) is 16.3. The molecule has 1 aromatic carbocycles. The number of rotatable bonds is 5. The molecule has 0 aliphatic heterocycles. The van der Waals surface area contributed by atoms with Crippen LogP contribution in [0.3, 0.4) is 0 Å². The van der Waals surface area contributed by atoms with Crippen molar-refractivity contribution < 1.29 is 9.72 Å². The summed E-state index contributed by atoms with van der Waals surface area (Å²) in [6, 6.07) is 3.34. The van der Waals surface area contributed by atoms with E-state index in [4.69, 9.17) is 11.6 Å². The van der Waals surface area contributed by atoms with Gasteiger partial charge in [0.05, 0.1) is 26.3 Å². The summed E-state index contributed by atoms with van der Waals surface area (Å²) in [5.74, 6) is -0.347. The molecule has 0 bridgehead atoms. The molecule has 116 valence electrons. The van der Waals surface area contributed by atoms with E-state index in [0.717, 1.165) is 4.47 Å². The molecule has 2 aromatic rings. The second-order valence-corrected chi connectivity index (χ2v) is 5.80. The van der Waals surface area contributed by atoms with Crippen molar-refractivity contribution in [1.29, 1.82) is 0 Å². The molecule has 0 radical (unpaired) electrons. The van der Waals surface area contributed by atoms with Crippen LogP contribution in [0.1, 0.15) is 19.4 Å². The van der Waals surface area contributed by atoms with Crippen LogP contribution in [0.25, 0.3) is 0 Å². The minimum absolute atomic E-state index is 0.144. The first kappa shape index (κ1) is 16.4. The Labute approximate surface area is 139 Å². The summed E-state index contributed by atoms with van der Waals surface area (Å²) in [7, 11) is 0. The van der Waals surface area contributed by atoms with E-state index >= 15 is 0 Å². The molecule has 0 aliphatic carbocycles. The molecule has 0 saturated carbocycles. The fourth-order valence-corrected chi connectivity index (χ4v) is 2.38. The molecule has 9 heteroatoms. The third-order valence-electron chi connectivity index (χ3n) is 3.00. The van der Waals surface area contributed by atoms with Gasteiger partial charge < -0.3 is 5.32 Å². The number of aromatic nitrogens is 2. The predicted molar refractivity (Wildman–Crippen MR) is 86.0 cm³/mol. The van der Waals surface area contributed by atoms with Gasteiger partial charge in [-0.25, -0.2) is 0 Å². The molecule has 22 heavy (non-hydrogen) atoms. The van der Waals surface area contributed by atoms with Crippen LogP contribution in [0, 0.1) is 10.1 Å². The average molecular weight is 388 g/mol. The first-order valence-electron chi connectivity index (χ1n) is 6.36. The predicted octanol–water partition coefficient (Wildman–Crippen LogP) is 3.80. The molecule has 0 aliphatic rings. The van der Waals surface area contributed by atoms with Crippen LogP contribution in [-0.2, 0) is 4.79 Å². The van der Waals surface area contributed by atoms with Gasteiger partial charge >= 0.3 is 0 Å². The number of non-ortho nitro benzene ring substituents is 1. The normalized spacial score (nSPS) is 12.0. The highest BCUT2D eigenvalue weighted by Crippen LogP contribution is 2.28. The number of nitrogens with zero attached hydrogens (tertiary/aromatic N) is 3. The second kappa shape index (κ2) is 6.89. The molecule has 1 amide bonds. The van der Waals surface area contributed by atoms with Crippen LogP contribution >= 0.6 is 27.5 Å². The maximum absolute atomic E-state index is 12.4. The Morgan fingerprint density at radius 1 is 1.59 bits per heavy atom.